The van der Waals surface area contributed by atoms with E-state index in [1.807, 2.05) is 31.2 Å². The lowest BCUT2D eigenvalue weighted by Gasteiger charge is -2.15. The normalized spacial score (nSPS) is 15.1. The van der Waals surface area contributed by atoms with Crippen molar-refractivity contribution in [2.75, 3.05) is 18.4 Å². The molecular formula is C13H16N2O2. The van der Waals surface area contributed by atoms with E-state index in [0.717, 1.165) is 17.7 Å². The Hall–Kier alpha value is -1.84. The van der Waals surface area contributed by atoms with E-state index in [-0.39, 0.29) is 18.4 Å². The van der Waals surface area contributed by atoms with Gasteiger partial charge in [0.15, 0.2) is 0 Å². The summed E-state index contributed by atoms with van der Waals surface area (Å²) >= 11 is 0. The van der Waals surface area contributed by atoms with Crippen LogP contribution in [0.5, 0.6) is 0 Å². The van der Waals surface area contributed by atoms with Gasteiger partial charge in [-0.05, 0) is 25.0 Å². The van der Waals surface area contributed by atoms with Crippen molar-refractivity contribution in [1.82, 2.24) is 4.90 Å². The van der Waals surface area contributed by atoms with Crippen LogP contribution in [0.1, 0.15) is 18.4 Å². The number of rotatable bonds is 3. The number of hydrogen-bond acceptors (Lipinski definition) is 2. The zero-order valence-electron chi connectivity index (χ0n) is 9.90. The number of nitrogens with one attached hydrogen (secondary N) is 1. The Labute approximate surface area is 101 Å². The van der Waals surface area contributed by atoms with Crippen LogP contribution in [0.15, 0.2) is 24.3 Å². The van der Waals surface area contributed by atoms with Crippen molar-refractivity contribution in [2.24, 2.45) is 0 Å². The standard InChI is InChI=1S/C13H16N2O2/c1-10-5-2-3-6-11(10)14-12(16)9-15-8-4-7-13(15)17/h2-3,5-6H,4,7-9H2,1H3,(H,14,16). The molecule has 0 aliphatic carbocycles. The molecule has 0 saturated carbocycles. The average molecular weight is 232 g/mol. The van der Waals surface area contributed by atoms with Gasteiger partial charge in [0.05, 0.1) is 6.54 Å². The van der Waals surface area contributed by atoms with E-state index < -0.39 is 0 Å². The first-order chi connectivity index (χ1) is 8.16. The first-order valence-electron chi connectivity index (χ1n) is 5.80. The highest BCUT2D eigenvalue weighted by atomic mass is 16.2. The van der Waals surface area contributed by atoms with E-state index in [4.69, 9.17) is 0 Å². The summed E-state index contributed by atoms with van der Waals surface area (Å²) in [6, 6.07) is 7.61. The first-order valence-corrected chi connectivity index (χ1v) is 5.80. The van der Waals surface area contributed by atoms with Crippen molar-refractivity contribution in [2.45, 2.75) is 19.8 Å². The Bertz CT molecular complexity index is 443. The summed E-state index contributed by atoms with van der Waals surface area (Å²) < 4.78 is 0. The molecule has 2 amide bonds. The van der Waals surface area contributed by atoms with E-state index in [9.17, 15) is 9.59 Å². The Morgan fingerprint density at radius 3 is 2.82 bits per heavy atom. The monoisotopic (exact) mass is 232 g/mol. The molecule has 0 radical (unpaired) electrons. The number of para-hydroxylation sites is 1. The summed E-state index contributed by atoms with van der Waals surface area (Å²) in [4.78, 5) is 24.7. The summed E-state index contributed by atoms with van der Waals surface area (Å²) in [6.07, 6.45) is 1.42. The van der Waals surface area contributed by atoms with Gasteiger partial charge < -0.3 is 10.2 Å². The number of carbonyl (C=O) groups is 2. The molecular weight excluding hydrogens is 216 g/mol. The highest BCUT2D eigenvalue weighted by Gasteiger charge is 2.22. The fraction of sp³-hybridized carbons (Fsp3) is 0.385. The molecule has 2 rings (SSSR count). The van der Waals surface area contributed by atoms with Crippen LogP contribution in [-0.4, -0.2) is 29.8 Å². The number of aryl methyl sites for hydroxylation is 1. The summed E-state index contributed by atoms with van der Waals surface area (Å²) in [5.41, 5.74) is 1.83. The van der Waals surface area contributed by atoms with Gasteiger partial charge in [-0.1, -0.05) is 18.2 Å². The van der Waals surface area contributed by atoms with Gasteiger partial charge in [0.25, 0.3) is 0 Å². The van der Waals surface area contributed by atoms with Crippen molar-refractivity contribution < 1.29 is 9.59 Å². The maximum Gasteiger partial charge on any atom is 0.244 e. The van der Waals surface area contributed by atoms with Gasteiger partial charge in [0.1, 0.15) is 0 Å². The molecule has 1 aromatic rings. The molecule has 1 N–H and O–H groups in total. The molecule has 1 fully saturated rings. The van der Waals surface area contributed by atoms with Crippen LogP contribution in [-0.2, 0) is 9.59 Å². The van der Waals surface area contributed by atoms with Gasteiger partial charge in [0.2, 0.25) is 11.8 Å². The van der Waals surface area contributed by atoms with Crippen LogP contribution in [0.25, 0.3) is 0 Å². The molecule has 4 heteroatoms. The van der Waals surface area contributed by atoms with Crippen LogP contribution in [0, 0.1) is 6.92 Å². The van der Waals surface area contributed by atoms with Crippen LogP contribution in [0.4, 0.5) is 5.69 Å². The summed E-state index contributed by atoms with van der Waals surface area (Å²) in [5, 5.41) is 2.82. The van der Waals surface area contributed by atoms with Crippen molar-refractivity contribution in [3.05, 3.63) is 29.8 Å². The third-order valence-corrected chi connectivity index (χ3v) is 2.93. The van der Waals surface area contributed by atoms with Gasteiger partial charge in [-0.25, -0.2) is 0 Å². The summed E-state index contributed by atoms with van der Waals surface area (Å²) in [6.45, 7) is 2.80. The van der Waals surface area contributed by atoms with Crippen LogP contribution < -0.4 is 5.32 Å². The van der Waals surface area contributed by atoms with Crippen molar-refractivity contribution in [3.63, 3.8) is 0 Å². The first kappa shape index (κ1) is 11.6. The predicted molar refractivity (Wildman–Crippen MR) is 65.6 cm³/mol. The molecule has 0 aromatic heterocycles. The molecule has 0 unspecified atom stereocenters. The van der Waals surface area contributed by atoms with Crippen molar-refractivity contribution in [3.8, 4) is 0 Å². The summed E-state index contributed by atoms with van der Waals surface area (Å²) in [7, 11) is 0. The second-order valence-corrected chi connectivity index (χ2v) is 4.28. The lowest BCUT2D eigenvalue weighted by molar-refractivity contribution is -0.131. The minimum absolute atomic E-state index is 0.0740. The Balaban J connectivity index is 1.93. The minimum atomic E-state index is -0.130. The van der Waals surface area contributed by atoms with Crippen LogP contribution >= 0.6 is 0 Å². The molecule has 1 saturated heterocycles. The van der Waals surface area contributed by atoms with Gasteiger partial charge in [-0.2, -0.15) is 0 Å². The quantitative estimate of drug-likeness (QED) is 0.859. The van der Waals surface area contributed by atoms with Crippen LogP contribution in [0.3, 0.4) is 0 Å². The van der Waals surface area contributed by atoms with Gasteiger partial charge in [0, 0.05) is 18.7 Å². The second-order valence-electron chi connectivity index (χ2n) is 4.28. The molecule has 4 nitrogen and oxygen atoms in total. The fourth-order valence-electron chi connectivity index (χ4n) is 1.95. The largest absolute Gasteiger partial charge is 0.333 e. The van der Waals surface area contributed by atoms with E-state index in [1.165, 1.54) is 0 Å². The molecule has 1 aromatic carbocycles. The molecule has 90 valence electrons. The maximum atomic E-state index is 11.8. The fourth-order valence-corrected chi connectivity index (χ4v) is 1.95. The average Bonchev–Trinajstić information content (AvgIpc) is 2.68. The lowest BCUT2D eigenvalue weighted by Crippen LogP contribution is -2.34. The number of likely N-dealkylation sites (tertiary alicyclic amines) is 1. The maximum absolute atomic E-state index is 11.8. The number of nitrogens with zero attached hydrogens (tertiary/aromatic N) is 1. The molecule has 17 heavy (non-hydrogen) atoms. The molecule has 1 aliphatic heterocycles. The van der Waals surface area contributed by atoms with Crippen LogP contribution in [0.2, 0.25) is 0 Å². The molecule has 0 bridgehead atoms. The predicted octanol–water partition coefficient (Wildman–Crippen LogP) is 1.56. The zero-order chi connectivity index (χ0) is 12.3. The Morgan fingerprint density at radius 2 is 2.18 bits per heavy atom. The second kappa shape index (κ2) is 4.99. The molecule has 0 atom stereocenters. The number of hydrogen-bond donors (Lipinski definition) is 1. The van der Waals surface area contributed by atoms with E-state index in [1.54, 1.807) is 4.90 Å². The highest BCUT2D eigenvalue weighted by molar-refractivity contribution is 5.95. The summed E-state index contributed by atoms with van der Waals surface area (Å²) in [5.74, 6) is -0.0560. The van der Waals surface area contributed by atoms with Gasteiger partial charge in [-0.3, -0.25) is 9.59 Å². The molecule has 1 aliphatic rings. The van der Waals surface area contributed by atoms with E-state index in [2.05, 4.69) is 5.32 Å². The topological polar surface area (TPSA) is 49.4 Å². The van der Waals surface area contributed by atoms with Crippen molar-refractivity contribution in [1.29, 1.82) is 0 Å². The molecule has 1 heterocycles. The smallest absolute Gasteiger partial charge is 0.244 e. The van der Waals surface area contributed by atoms with E-state index >= 15 is 0 Å². The number of carbonyl (C=O) groups excluding carboxylic acids is 2. The zero-order valence-corrected chi connectivity index (χ0v) is 9.90. The molecule has 0 spiro atoms. The third-order valence-electron chi connectivity index (χ3n) is 2.93. The minimum Gasteiger partial charge on any atom is -0.333 e. The highest BCUT2D eigenvalue weighted by Crippen LogP contribution is 2.14. The number of benzene rings is 1. The number of anilines is 1. The lowest BCUT2D eigenvalue weighted by atomic mass is 10.2. The third kappa shape index (κ3) is 2.84. The SMILES string of the molecule is Cc1ccccc1NC(=O)CN1CCCC1=O. The van der Waals surface area contributed by atoms with Crippen molar-refractivity contribution >= 4 is 17.5 Å². The van der Waals surface area contributed by atoms with Gasteiger partial charge in [-0.15, -0.1) is 0 Å². The Morgan fingerprint density at radius 1 is 1.41 bits per heavy atom. The van der Waals surface area contributed by atoms with E-state index in [0.29, 0.717) is 13.0 Å². The number of amides is 2. The van der Waals surface area contributed by atoms with Gasteiger partial charge >= 0.3 is 0 Å². The Kier molecular flexibility index (Phi) is 3.42.